The molecule has 118 valence electrons. The van der Waals surface area contributed by atoms with Gasteiger partial charge in [0.05, 0.1) is 5.69 Å². The molecule has 4 nitrogen and oxygen atoms in total. The van der Waals surface area contributed by atoms with E-state index < -0.39 is 11.1 Å². The van der Waals surface area contributed by atoms with Gasteiger partial charge in [-0.15, -0.1) is 0 Å². The molecule has 0 aliphatic rings. The van der Waals surface area contributed by atoms with E-state index in [-0.39, 0.29) is 45.4 Å². The van der Waals surface area contributed by atoms with Crippen LogP contribution in [0.3, 0.4) is 0 Å². The first-order valence-electron chi connectivity index (χ1n) is 6.67. The predicted octanol–water partition coefficient (Wildman–Crippen LogP) is 1.09. The molecule has 0 bridgehead atoms. The van der Waals surface area contributed by atoms with Crippen LogP contribution in [0.25, 0.3) is 22.4 Å². The average molecular weight is 373 g/mol. The molecule has 3 rings (SSSR count). The molecule has 0 amide bonds. The molecule has 0 saturated heterocycles. The first kappa shape index (κ1) is 19.3. The fourth-order valence-electron chi connectivity index (χ4n) is 2.33. The van der Waals surface area contributed by atoms with Crippen molar-refractivity contribution in [3.05, 3.63) is 59.0 Å². The van der Waals surface area contributed by atoms with Crippen molar-refractivity contribution in [2.24, 2.45) is 0 Å². The van der Waals surface area contributed by atoms with Gasteiger partial charge < -0.3 is 4.55 Å². The van der Waals surface area contributed by atoms with Crippen molar-refractivity contribution in [3.63, 3.8) is 0 Å². The molecule has 1 aromatic heterocycles. The maximum absolute atomic E-state index is 13.5. The maximum atomic E-state index is 13.5. The normalized spacial score (nSPS) is 11.8. The summed E-state index contributed by atoms with van der Waals surface area (Å²) in [5.41, 5.74) is 3.25. The molecule has 0 spiro atoms. The first-order chi connectivity index (χ1) is 11.0. The molecule has 0 saturated carbocycles. The fourth-order valence-corrected chi connectivity index (χ4v) is 2.93. The Kier molecular flexibility index (Phi) is 6.36. The number of hydrogen-bond acceptors (Lipinski definition) is 3. The van der Waals surface area contributed by atoms with Gasteiger partial charge in [-0.2, -0.15) is 5.10 Å². The molecule has 0 fully saturated rings. The summed E-state index contributed by atoms with van der Waals surface area (Å²) in [7, 11) is 0. The number of aromatic amines is 1. The maximum Gasteiger partial charge on any atom is 1.00 e. The summed E-state index contributed by atoms with van der Waals surface area (Å²) in [6.07, 6.45) is 0. The number of benzene rings is 2. The van der Waals surface area contributed by atoms with E-state index in [1.54, 1.807) is 31.2 Å². The summed E-state index contributed by atoms with van der Waals surface area (Å²) in [4.78, 5) is 0.193. The van der Waals surface area contributed by atoms with E-state index in [9.17, 15) is 13.2 Å². The zero-order chi connectivity index (χ0) is 16.6. The van der Waals surface area contributed by atoms with Crippen LogP contribution < -0.4 is 29.6 Å². The van der Waals surface area contributed by atoms with Crippen molar-refractivity contribution in [1.82, 2.24) is 10.2 Å². The molecule has 3 aromatic rings. The van der Waals surface area contributed by atoms with Gasteiger partial charge in [0.25, 0.3) is 0 Å². The van der Waals surface area contributed by atoms with Gasteiger partial charge in [-0.3, -0.25) is 9.31 Å². The molecular formula is C16H11ClFN2NaO2S. The van der Waals surface area contributed by atoms with E-state index in [1.807, 2.05) is 0 Å². The molecule has 24 heavy (non-hydrogen) atoms. The SMILES string of the molecule is Cc1cc(-c2c(Cl)n[nH]c2-c2ccc(S(=O)[O-])cc2)ccc1F.[Na+]. The third-order valence-electron chi connectivity index (χ3n) is 3.50. The minimum Gasteiger partial charge on any atom is -0.768 e. The zero-order valence-electron chi connectivity index (χ0n) is 13.0. The number of H-pyrrole nitrogens is 1. The molecule has 0 aliphatic carbocycles. The number of nitrogens with zero attached hydrogens (tertiary/aromatic N) is 1. The summed E-state index contributed by atoms with van der Waals surface area (Å²) in [5, 5.41) is 7.11. The summed E-state index contributed by atoms with van der Waals surface area (Å²) in [6.45, 7) is 1.67. The summed E-state index contributed by atoms with van der Waals surface area (Å²) < 4.78 is 35.3. The van der Waals surface area contributed by atoms with E-state index in [4.69, 9.17) is 11.6 Å². The second-order valence-corrected chi connectivity index (χ2v) is 6.29. The van der Waals surface area contributed by atoms with Gasteiger partial charge in [0, 0.05) is 16.0 Å². The summed E-state index contributed by atoms with van der Waals surface area (Å²) in [5.74, 6) is -0.294. The largest absolute Gasteiger partial charge is 1.00 e. The Balaban J connectivity index is 0.00000208. The van der Waals surface area contributed by atoms with Gasteiger partial charge in [0.2, 0.25) is 0 Å². The van der Waals surface area contributed by atoms with Crippen LogP contribution in [0, 0.1) is 12.7 Å². The van der Waals surface area contributed by atoms with Gasteiger partial charge >= 0.3 is 29.6 Å². The quantitative estimate of drug-likeness (QED) is 0.552. The number of hydrogen-bond donors (Lipinski definition) is 1. The smallest absolute Gasteiger partial charge is 0.768 e. The van der Waals surface area contributed by atoms with Crippen molar-refractivity contribution in [2.75, 3.05) is 0 Å². The standard InChI is InChI=1S/C16H12ClFN2O2S.Na/c1-9-8-11(4-7-13(9)18)14-15(19-20-16(14)17)10-2-5-12(6-3-10)23(21)22;/h2-8H,1H3,(H,19,20)(H,21,22);/q;+1/p-1. The number of halogens is 2. The molecular weight excluding hydrogens is 362 g/mol. The van der Waals surface area contributed by atoms with Crippen LogP contribution in [0.5, 0.6) is 0 Å². The van der Waals surface area contributed by atoms with E-state index >= 15 is 0 Å². The molecule has 1 unspecified atom stereocenters. The van der Waals surface area contributed by atoms with Crippen molar-refractivity contribution in [3.8, 4) is 22.4 Å². The minimum absolute atomic E-state index is 0. The first-order valence-corrected chi connectivity index (χ1v) is 8.12. The van der Waals surface area contributed by atoms with Gasteiger partial charge in [-0.1, -0.05) is 29.8 Å². The Labute approximate surface area is 168 Å². The topological polar surface area (TPSA) is 68.8 Å². The van der Waals surface area contributed by atoms with Gasteiger partial charge in [0.15, 0.2) is 5.15 Å². The van der Waals surface area contributed by atoms with Crippen LogP contribution in [0.4, 0.5) is 4.39 Å². The van der Waals surface area contributed by atoms with Crippen LogP contribution in [0.2, 0.25) is 5.15 Å². The van der Waals surface area contributed by atoms with Crippen LogP contribution >= 0.6 is 11.6 Å². The Morgan fingerprint density at radius 3 is 2.38 bits per heavy atom. The third-order valence-corrected chi connectivity index (χ3v) is 4.43. The number of nitrogens with one attached hydrogen (secondary N) is 1. The Morgan fingerprint density at radius 1 is 1.17 bits per heavy atom. The number of aryl methyl sites for hydroxylation is 1. The Hall–Kier alpha value is -1.02. The average Bonchev–Trinajstić information content (AvgIpc) is 2.92. The van der Waals surface area contributed by atoms with Crippen LogP contribution in [0.15, 0.2) is 47.4 Å². The number of aromatic nitrogens is 2. The van der Waals surface area contributed by atoms with Crippen LogP contribution in [-0.4, -0.2) is 19.0 Å². The van der Waals surface area contributed by atoms with E-state index in [1.165, 1.54) is 18.2 Å². The fraction of sp³-hybridized carbons (Fsp3) is 0.0625. The van der Waals surface area contributed by atoms with E-state index in [2.05, 4.69) is 10.2 Å². The third kappa shape index (κ3) is 3.79. The van der Waals surface area contributed by atoms with Crippen molar-refractivity contribution >= 4 is 22.7 Å². The molecule has 1 atom stereocenters. The second-order valence-electron chi connectivity index (χ2n) is 4.99. The molecule has 1 N–H and O–H groups in total. The summed E-state index contributed by atoms with van der Waals surface area (Å²) >= 11 is 3.89. The zero-order valence-corrected chi connectivity index (χ0v) is 16.5. The molecule has 1 heterocycles. The second kappa shape index (κ2) is 7.91. The molecule has 2 aromatic carbocycles. The molecule has 0 aliphatic heterocycles. The van der Waals surface area contributed by atoms with Gasteiger partial charge in [0.1, 0.15) is 5.82 Å². The Morgan fingerprint density at radius 2 is 1.79 bits per heavy atom. The van der Waals surface area contributed by atoms with Crippen LogP contribution in [0.1, 0.15) is 5.56 Å². The summed E-state index contributed by atoms with van der Waals surface area (Å²) in [6, 6.07) is 11.0. The van der Waals surface area contributed by atoms with Crippen LogP contribution in [-0.2, 0) is 11.1 Å². The van der Waals surface area contributed by atoms with E-state index in [0.717, 1.165) is 11.1 Å². The Bertz CT molecular complexity index is 900. The molecule has 8 heteroatoms. The van der Waals surface area contributed by atoms with Crippen molar-refractivity contribution < 1.29 is 42.7 Å². The van der Waals surface area contributed by atoms with Crippen molar-refractivity contribution in [1.29, 1.82) is 0 Å². The predicted molar refractivity (Wildman–Crippen MR) is 86.4 cm³/mol. The molecule has 0 radical (unpaired) electrons. The van der Waals surface area contributed by atoms with Crippen molar-refractivity contribution in [2.45, 2.75) is 11.8 Å². The van der Waals surface area contributed by atoms with Gasteiger partial charge in [-0.05, 0) is 53.4 Å². The van der Waals surface area contributed by atoms with Gasteiger partial charge in [-0.25, -0.2) is 4.39 Å². The number of rotatable bonds is 3. The minimum atomic E-state index is -2.28. The van der Waals surface area contributed by atoms with E-state index in [0.29, 0.717) is 16.8 Å². The monoisotopic (exact) mass is 372 g/mol.